The maximum absolute atomic E-state index is 12.2. The number of hydrogen-bond donors (Lipinski definition) is 1. The van der Waals surface area contributed by atoms with Gasteiger partial charge in [0.2, 0.25) is 10.0 Å². The van der Waals surface area contributed by atoms with Crippen LogP contribution < -0.4 is 5.32 Å². The highest BCUT2D eigenvalue weighted by Gasteiger charge is 2.27. The molecule has 0 amide bonds. The first-order chi connectivity index (χ1) is 8.08. The van der Waals surface area contributed by atoms with Gasteiger partial charge in [-0.3, -0.25) is 0 Å². The highest BCUT2D eigenvalue weighted by molar-refractivity contribution is 7.89. The van der Waals surface area contributed by atoms with Crippen molar-refractivity contribution in [2.24, 2.45) is 11.8 Å². The topological polar surface area (TPSA) is 49.4 Å². The predicted octanol–water partition coefficient (Wildman–Crippen LogP) is 1.05. The summed E-state index contributed by atoms with van der Waals surface area (Å²) in [5, 5.41) is 3.22. The third-order valence-electron chi connectivity index (χ3n) is 4.07. The Kier molecular flexibility index (Phi) is 4.44. The normalized spacial score (nSPS) is 27.1. The van der Waals surface area contributed by atoms with Crippen molar-refractivity contribution in [3.05, 3.63) is 0 Å². The van der Waals surface area contributed by atoms with Crippen LogP contribution in [0.4, 0.5) is 0 Å². The SMILES string of the molecule is CN(CC1CCCC1)S(=O)(=O)CC1CCNC1. The average Bonchev–Trinajstić information content (AvgIpc) is 2.90. The molecule has 2 rings (SSSR count). The van der Waals surface area contributed by atoms with Crippen molar-refractivity contribution in [2.75, 3.05) is 32.4 Å². The lowest BCUT2D eigenvalue weighted by Crippen LogP contribution is -2.35. The van der Waals surface area contributed by atoms with Gasteiger partial charge in [-0.05, 0) is 44.2 Å². The molecule has 1 unspecified atom stereocenters. The standard InChI is InChI=1S/C12H24N2O2S/c1-14(9-11-4-2-3-5-11)17(15,16)10-12-6-7-13-8-12/h11-13H,2-10H2,1H3. The summed E-state index contributed by atoms with van der Waals surface area (Å²) in [6.45, 7) is 2.55. The Labute approximate surface area is 105 Å². The van der Waals surface area contributed by atoms with Crippen LogP contribution in [-0.2, 0) is 10.0 Å². The van der Waals surface area contributed by atoms with Crippen LogP contribution in [-0.4, -0.2) is 45.2 Å². The largest absolute Gasteiger partial charge is 0.316 e. The van der Waals surface area contributed by atoms with Crippen LogP contribution in [0.15, 0.2) is 0 Å². The van der Waals surface area contributed by atoms with Crippen LogP contribution in [0.3, 0.4) is 0 Å². The van der Waals surface area contributed by atoms with Gasteiger partial charge >= 0.3 is 0 Å². The van der Waals surface area contributed by atoms with Gasteiger partial charge in [-0.1, -0.05) is 12.8 Å². The first-order valence-electron chi connectivity index (χ1n) is 6.72. The molecule has 0 spiro atoms. The van der Waals surface area contributed by atoms with Gasteiger partial charge in [0.1, 0.15) is 0 Å². The Morgan fingerprint density at radius 1 is 1.18 bits per heavy atom. The summed E-state index contributed by atoms with van der Waals surface area (Å²) in [4.78, 5) is 0. The van der Waals surface area contributed by atoms with Crippen molar-refractivity contribution in [1.29, 1.82) is 0 Å². The Morgan fingerprint density at radius 2 is 1.88 bits per heavy atom. The minimum absolute atomic E-state index is 0.311. The number of rotatable bonds is 5. The fourth-order valence-corrected chi connectivity index (χ4v) is 4.52. The number of sulfonamides is 1. The summed E-state index contributed by atoms with van der Waals surface area (Å²) in [6.07, 6.45) is 5.93. The Bertz CT molecular complexity index is 330. The molecule has 1 heterocycles. The van der Waals surface area contributed by atoms with Crippen molar-refractivity contribution in [3.8, 4) is 0 Å². The van der Waals surface area contributed by atoms with E-state index < -0.39 is 10.0 Å². The van der Waals surface area contributed by atoms with E-state index in [0.29, 0.717) is 17.6 Å². The molecule has 4 nitrogen and oxygen atoms in total. The highest BCUT2D eigenvalue weighted by Crippen LogP contribution is 2.26. The molecule has 1 saturated heterocycles. The van der Waals surface area contributed by atoms with E-state index in [2.05, 4.69) is 5.32 Å². The second kappa shape index (κ2) is 5.67. The van der Waals surface area contributed by atoms with Gasteiger partial charge in [0.25, 0.3) is 0 Å². The molecule has 1 N–H and O–H groups in total. The Morgan fingerprint density at radius 3 is 2.47 bits per heavy atom. The number of nitrogens with zero attached hydrogens (tertiary/aromatic N) is 1. The summed E-state index contributed by atoms with van der Waals surface area (Å²) in [7, 11) is -1.29. The van der Waals surface area contributed by atoms with Crippen LogP contribution in [0.2, 0.25) is 0 Å². The molecular weight excluding hydrogens is 236 g/mol. The highest BCUT2D eigenvalue weighted by atomic mass is 32.2. The molecule has 17 heavy (non-hydrogen) atoms. The van der Waals surface area contributed by atoms with E-state index >= 15 is 0 Å². The first-order valence-corrected chi connectivity index (χ1v) is 8.33. The molecule has 1 saturated carbocycles. The van der Waals surface area contributed by atoms with Gasteiger partial charge < -0.3 is 5.32 Å². The van der Waals surface area contributed by atoms with Crippen molar-refractivity contribution in [1.82, 2.24) is 9.62 Å². The molecular formula is C12H24N2O2S. The van der Waals surface area contributed by atoms with Gasteiger partial charge in [0.05, 0.1) is 5.75 Å². The van der Waals surface area contributed by atoms with Gasteiger partial charge in [0, 0.05) is 13.6 Å². The maximum atomic E-state index is 12.2. The second-order valence-electron chi connectivity index (χ2n) is 5.57. The van der Waals surface area contributed by atoms with Gasteiger partial charge in [-0.25, -0.2) is 12.7 Å². The molecule has 0 aromatic carbocycles. The second-order valence-corrected chi connectivity index (χ2v) is 7.69. The third kappa shape index (κ3) is 3.66. The van der Waals surface area contributed by atoms with Crippen molar-refractivity contribution in [2.45, 2.75) is 32.1 Å². The van der Waals surface area contributed by atoms with E-state index in [9.17, 15) is 8.42 Å². The molecule has 0 bridgehead atoms. The van der Waals surface area contributed by atoms with Crippen LogP contribution in [0.1, 0.15) is 32.1 Å². The molecule has 0 aromatic rings. The summed E-state index contributed by atoms with van der Waals surface area (Å²) in [6, 6.07) is 0. The minimum atomic E-state index is -3.04. The molecule has 2 aliphatic rings. The van der Waals surface area contributed by atoms with Gasteiger partial charge in [0.15, 0.2) is 0 Å². The van der Waals surface area contributed by atoms with E-state index in [4.69, 9.17) is 0 Å². The lowest BCUT2D eigenvalue weighted by molar-refractivity contribution is 0.384. The van der Waals surface area contributed by atoms with Gasteiger partial charge in [-0.2, -0.15) is 0 Å². The zero-order valence-electron chi connectivity index (χ0n) is 10.7. The zero-order valence-corrected chi connectivity index (χ0v) is 11.5. The van der Waals surface area contributed by atoms with Crippen LogP contribution in [0.25, 0.3) is 0 Å². The summed E-state index contributed by atoms with van der Waals surface area (Å²) in [5.41, 5.74) is 0. The molecule has 1 aliphatic carbocycles. The number of hydrogen-bond acceptors (Lipinski definition) is 3. The smallest absolute Gasteiger partial charge is 0.214 e. The molecule has 100 valence electrons. The van der Waals surface area contributed by atoms with E-state index in [-0.39, 0.29) is 0 Å². The lowest BCUT2D eigenvalue weighted by Gasteiger charge is -2.22. The third-order valence-corrected chi connectivity index (χ3v) is 6.07. The fourth-order valence-electron chi connectivity index (χ4n) is 2.95. The van der Waals surface area contributed by atoms with Gasteiger partial charge in [-0.15, -0.1) is 0 Å². The molecule has 0 radical (unpaired) electrons. The van der Waals surface area contributed by atoms with E-state index in [1.807, 2.05) is 0 Å². The molecule has 0 aromatic heterocycles. The molecule has 5 heteroatoms. The monoisotopic (exact) mass is 260 g/mol. The predicted molar refractivity (Wildman–Crippen MR) is 69.4 cm³/mol. The summed E-state index contributed by atoms with van der Waals surface area (Å²) < 4.78 is 25.9. The Balaban J connectivity index is 1.84. The van der Waals surface area contributed by atoms with E-state index in [0.717, 1.165) is 26.1 Å². The van der Waals surface area contributed by atoms with E-state index in [1.54, 1.807) is 11.4 Å². The molecule has 1 aliphatic heterocycles. The van der Waals surface area contributed by atoms with Crippen molar-refractivity contribution < 1.29 is 8.42 Å². The summed E-state index contributed by atoms with van der Waals surface area (Å²) in [5.74, 6) is 1.23. The van der Waals surface area contributed by atoms with Crippen LogP contribution in [0.5, 0.6) is 0 Å². The quantitative estimate of drug-likeness (QED) is 0.804. The fraction of sp³-hybridized carbons (Fsp3) is 1.00. The number of nitrogens with one attached hydrogen (secondary N) is 1. The first kappa shape index (κ1) is 13.3. The Hall–Kier alpha value is -0.130. The van der Waals surface area contributed by atoms with Crippen LogP contribution in [0, 0.1) is 11.8 Å². The average molecular weight is 260 g/mol. The van der Waals surface area contributed by atoms with Crippen LogP contribution >= 0.6 is 0 Å². The van der Waals surface area contributed by atoms with Crippen molar-refractivity contribution in [3.63, 3.8) is 0 Å². The maximum Gasteiger partial charge on any atom is 0.214 e. The summed E-state index contributed by atoms with van der Waals surface area (Å²) >= 11 is 0. The molecule has 2 fully saturated rings. The van der Waals surface area contributed by atoms with E-state index in [1.165, 1.54) is 25.7 Å². The lowest BCUT2D eigenvalue weighted by atomic mass is 10.1. The minimum Gasteiger partial charge on any atom is -0.316 e. The van der Waals surface area contributed by atoms with Crippen molar-refractivity contribution >= 4 is 10.0 Å². The molecule has 1 atom stereocenters. The zero-order chi connectivity index (χ0) is 12.3.